The fourth-order valence-electron chi connectivity index (χ4n) is 2.51. The molecule has 0 aliphatic carbocycles. The number of rotatable bonds is 3. The molecule has 25 heavy (non-hydrogen) atoms. The van der Waals surface area contributed by atoms with Crippen LogP contribution in [0.3, 0.4) is 0 Å². The van der Waals surface area contributed by atoms with Crippen molar-refractivity contribution in [1.82, 2.24) is 4.72 Å². The lowest BCUT2D eigenvalue weighted by Crippen LogP contribution is -2.40. The molecule has 6 nitrogen and oxygen atoms in total. The second kappa shape index (κ2) is 6.75. The van der Waals surface area contributed by atoms with Gasteiger partial charge in [0.25, 0.3) is 10.0 Å². The molecular formula is C17H13ClN2O4S. The summed E-state index contributed by atoms with van der Waals surface area (Å²) in [6.45, 7) is 0.0867. The number of hydrogen-bond donors (Lipinski definition) is 1. The van der Waals surface area contributed by atoms with E-state index in [9.17, 15) is 13.2 Å². The lowest BCUT2D eigenvalue weighted by Gasteiger charge is -2.24. The summed E-state index contributed by atoms with van der Waals surface area (Å²) in [4.78, 5) is 12.3. The van der Waals surface area contributed by atoms with Gasteiger partial charge in [0.2, 0.25) is 5.91 Å². The molecule has 0 saturated heterocycles. The molecule has 0 saturated carbocycles. The van der Waals surface area contributed by atoms with Crippen LogP contribution >= 0.6 is 11.6 Å². The van der Waals surface area contributed by atoms with Crippen LogP contribution in [-0.4, -0.2) is 20.9 Å². The van der Waals surface area contributed by atoms with E-state index < -0.39 is 21.8 Å². The highest BCUT2D eigenvalue weighted by Crippen LogP contribution is 2.30. The van der Waals surface area contributed by atoms with E-state index in [4.69, 9.17) is 21.6 Å². The van der Waals surface area contributed by atoms with E-state index in [0.717, 1.165) is 5.56 Å². The SMILES string of the molecule is N#Cc1ccc(S(=O)(=O)NC(=O)C2COc3ccc(Cl)cc3C2)cc1. The van der Waals surface area contributed by atoms with Crippen LogP contribution in [0.5, 0.6) is 5.75 Å². The van der Waals surface area contributed by atoms with E-state index in [1.165, 1.54) is 24.3 Å². The van der Waals surface area contributed by atoms with Crippen molar-refractivity contribution in [2.75, 3.05) is 6.61 Å². The van der Waals surface area contributed by atoms with Gasteiger partial charge in [0.05, 0.1) is 22.4 Å². The van der Waals surface area contributed by atoms with Gasteiger partial charge in [-0.15, -0.1) is 0 Å². The third-order valence-corrected chi connectivity index (χ3v) is 5.43. The minimum Gasteiger partial charge on any atom is -0.492 e. The van der Waals surface area contributed by atoms with Crippen molar-refractivity contribution in [3.05, 3.63) is 58.6 Å². The Hall–Kier alpha value is -2.56. The van der Waals surface area contributed by atoms with Crippen molar-refractivity contribution in [3.63, 3.8) is 0 Å². The summed E-state index contributed by atoms with van der Waals surface area (Å²) in [6, 6.07) is 12.3. The average Bonchev–Trinajstić information content (AvgIpc) is 2.60. The molecule has 8 heteroatoms. The van der Waals surface area contributed by atoms with Gasteiger partial charge in [0, 0.05) is 5.02 Å². The van der Waals surface area contributed by atoms with Gasteiger partial charge in [-0.25, -0.2) is 13.1 Å². The molecule has 2 aromatic carbocycles. The molecule has 1 unspecified atom stereocenters. The second-order valence-electron chi connectivity index (χ2n) is 5.57. The maximum absolute atomic E-state index is 12.3. The number of hydrogen-bond acceptors (Lipinski definition) is 5. The highest BCUT2D eigenvalue weighted by molar-refractivity contribution is 7.90. The Morgan fingerprint density at radius 1 is 1.24 bits per heavy atom. The fraction of sp³-hybridized carbons (Fsp3) is 0.176. The highest BCUT2D eigenvalue weighted by atomic mass is 35.5. The average molecular weight is 377 g/mol. The van der Waals surface area contributed by atoms with Crippen molar-refractivity contribution in [3.8, 4) is 11.8 Å². The second-order valence-corrected chi connectivity index (χ2v) is 7.69. The Morgan fingerprint density at radius 3 is 2.64 bits per heavy atom. The number of benzene rings is 2. The summed E-state index contributed by atoms with van der Waals surface area (Å²) >= 11 is 5.94. The number of sulfonamides is 1. The van der Waals surface area contributed by atoms with E-state index >= 15 is 0 Å². The molecule has 1 amide bonds. The quantitative estimate of drug-likeness (QED) is 0.886. The molecule has 1 heterocycles. The lowest BCUT2D eigenvalue weighted by atomic mass is 9.96. The number of carbonyl (C=O) groups excluding carboxylic acids is 1. The van der Waals surface area contributed by atoms with Gasteiger partial charge >= 0.3 is 0 Å². The van der Waals surface area contributed by atoms with Crippen LogP contribution in [0.4, 0.5) is 0 Å². The number of amides is 1. The van der Waals surface area contributed by atoms with E-state index in [1.54, 1.807) is 18.2 Å². The van der Waals surface area contributed by atoms with Crippen molar-refractivity contribution in [1.29, 1.82) is 5.26 Å². The molecule has 1 aliphatic heterocycles. The van der Waals surface area contributed by atoms with Gasteiger partial charge in [0.15, 0.2) is 0 Å². The summed E-state index contributed by atoms with van der Waals surface area (Å²) in [5.74, 6) is -0.641. The van der Waals surface area contributed by atoms with E-state index in [2.05, 4.69) is 4.72 Å². The molecule has 3 rings (SSSR count). The molecule has 2 aromatic rings. The van der Waals surface area contributed by atoms with Gasteiger partial charge in [-0.3, -0.25) is 4.79 Å². The fourth-order valence-corrected chi connectivity index (χ4v) is 3.75. The van der Waals surface area contributed by atoms with Crippen LogP contribution in [0.1, 0.15) is 11.1 Å². The van der Waals surface area contributed by atoms with Crippen LogP contribution < -0.4 is 9.46 Å². The van der Waals surface area contributed by atoms with Crippen LogP contribution in [-0.2, 0) is 21.2 Å². The predicted molar refractivity (Wildman–Crippen MR) is 90.6 cm³/mol. The van der Waals surface area contributed by atoms with Crippen molar-refractivity contribution in [2.24, 2.45) is 5.92 Å². The van der Waals surface area contributed by atoms with Gasteiger partial charge in [-0.1, -0.05) is 11.6 Å². The Morgan fingerprint density at radius 2 is 1.96 bits per heavy atom. The zero-order valence-corrected chi connectivity index (χ0v) is 14.5. The zero-order chi connectivity index (χ0) is 18.0. The Labute approximate surface area is 150 Å². The zero-order valence-electron chi connectivity index (χ0n) is 12.9. The van der Waals surface area contributed by atoms with E-state index in [0.29, 0.717) is 22.8 Å². The Kier molecular flexibility index (Phi) is 4.66. The first-order chi connectivity index (χ1) is 11.9. The molecule has 0 fully saturated rings. The third-order valence-electron chi connectivity index (χ3n) is 3.83. The minimum absolute atomic E-state index is 0.0833. The third kappa shape index (κ3) is 3.76. The number of nitriles is 1. The first-order valence-corrected chi connectivity index (χ1v) is 9.23. The maximum atomic E-state index is 12.3. The number of ether oxygens (including phenoxy) is 1. The summed E-state index contributed by atoms with van der Waals surface area (Å²) < 4.78 is 32.2. The van der Waals surface area contributed by atoms with Gasteiger partial charge < -0.3 is 4.74 Å². The van der Waals surface area contributed by atoms with Crippen LogP contribution in [0.15, 0.2) is 47.4 Å². The molecule has 0 bridgehead atoms. The number of nitrogens with one attached hydrogen (secondary N) is 1. The van der Waals surface area contributed by atoms with Gasteiger partial charge in [-0.2, -0.15) is 5.26 Å². The molecule has 0 radical (unpaired) electrons. The molecule has 0 aromatic heterocycles. The van der Waals surface area contributed by atoms with Crippen LogP contribution in [0.25, 0.3) is 0 Å². The number of fused-ring (bicyclic) bond motifs is 1. The van der Waals surface area contributed by atoms with Crippen molar-refractivity contribution >= 4 is 27.5 Å². The standard InChI is InChI=1S/C17H13ClN2O4S/c18-14-3-6-16-12(8-14)7-13(10-24-16)17(21)20-25(22,23)15-4-1-11(9-19)2-5-15/h1-6,8,13H,7,10H2,(H,20,21). The Balaban J connectivity index is 1.74. The summed E-state index contributed by atoms with van der Waals surface area (Å²) in [7, 11) is -4.01. The van der Waals surface area contributed by atoms with Gasteiger partial charge in [-0.05, 0) is 54.4 Å². The minimum atomic E-state index is -4.01. The highest BCUT2D eigenvalue weighted by Gasteiger charge is 2.29. The summed E-state index contributed by atoms with van der Waals surface area (Å²) in [5.41, 5.74) is 1.09. The smallest absolute Gasteiger partial charge is 0.264 e. The van der Waals surface area contributed by atoms with Crippen molar-refractivity contribution < 1.29 is 17.9 Å². The molecule has 1 atom stereocenters. The largest absolute Gasteiger partial charge is 0.492 e. The van der Waals surface area contributed by atoms with Crippen LogP contribution in [0.2, 0.25) is 5.02 Å². The molecule has 0 spiro atoms. The normalized spacial score (nSPS) is 16.2. The summed E-state index contributed by atoms with van der Waals surface area (Å²) in [6.07, 6.45) is 0.338. The van der Waals surface area contributed by atoms with Gasteiger partial charge in [0.1, 0.15) is 12.4 Å². The predicted octanol–water partition coefficient (Wildman–Crippen LogP) is 2.27. The molecule has 128 valence electrons. The lowest BCUT2D eigenvalue weighted by molar-refractivity contribution is -0.124. The first-order valence-electron chi connectivity index (χ1n) is 7.37. The number of carbonyl (C=O) groups is 1. The molecule has 1 aliphatic rings. The van der Waals surface area contributed by atoms with E-state index in [1.807, 2.05) is 6.07 Å². The number of halogens is 1. The maximum Gasteiger partial charge on any atom is 0.264 e. The van der Waals surface area contributed by atoms with Crippen molar-refractivity contribution in [2.45, 2.75) is 11.3 Å². The van der Waals surface area contributed by atoms with E-state index in [-0.39, 0.29) is 11.5 Å². The summed E-state index contributed by atoms with van der Waals surface area (Å²) in [5, 5.41) is 9.28. The Bertz CT molecular complexity index is 965. The van der Waals surface area contributed by atoms with Crippen LogP contribution in [0, 0.1) is 17.2 Å². The monoisotopic (exact) mass is 376 g/mol. The first kappa shape index (κ1) is 17.3. The number of nitrogens with zero attached hydrogens (tertiary/aromatic N) is 1. The molecule has 1 N–H and O–H groups in total. The topological polar surface area (TPSA) is 96.3 Å². The molecular weight excluding hydrogens is 364 g/mol.